The smallest absolute Gasteiger partial charge is 0.337 e. The van der Waals surface area contributed by atoms with E-state index in [-0.39, 0.29) is 5.97 Å². The van der Waals surface area contributed by atoms with Crippen molar-refractivity contribution >= 4 is 5.97 Å². The first-order chi connectivity index (χ1) is 13.2. The minimum atomic E-state index is -0.275. The van der Waals surface area contributed by atoms with Crippen LogP contribution in [0.3, 0.4) is 0 Å². The van der Waals surface area contributed by atoms with Gasteiger partial charge in [-0.05, 0) is 55.1 Å². The molecule has 1 heterocycles. The lowest BCUT2D eigenvalue weighted by Crippen LogP contribution is -2.28. The highest BCUT2D eigenvalue weighted by atomic mass is 16.5. The van der Waals surface area contributed by atoms with Crippen LogP contribution in [0.15, 0.2) is 54.6 Å². The molecule has 142 valence electrons. The van der Waals surface area contributed by atoms with Gasteiger partial charge in [-0.2, -0.15) is 0 Å². The summed E-state index contributed by atoms with van der Waals surface area (Å²) in [5.41, 5.74) is 3.34. The minimum Gasteiger partial charge on any atom is -0.465 e. The summed E-state index contributed by atoms with van der Waals surface area (Å²) in [6.45, 7) is 4.37. The molecule has 1 saturated heterocycles. The van der Waals surface area contributed by atoms with Crippen molar-refractivity contribution in [2.24, 2.45) is 5.92 Å². The Balaban J connectivity index is 1.20. The zero-order valence-corrected chi connectivity index (χ0v) is 15.9. The molecule has 1 N–H and O–H groups in total. The highest BCUT2D eigenvalue weighted by molar-refractivity contribution is 5.89. The largest absolute Gasteiger partial charge is 0.465 e. The molecule has 0 spiro atoms. The molecule has 2 aromatic carbocycles. The van der Waals surface area contributed by atoms with E-state index in [0.29, 0.717) is 17.5 Å². The summed E-state index contributed by atoms with van der Waals surface area (Å²) in [5, 5.41) is 3.78. The maximum Gasteiger partial charge on any atom is 0.337 e. The number of hydrogen-bond acceptors (Lipinski definition) is 4. The minimum absolute atomic E-state index is 0.275. The molecule has 0 unspecified atom stereocenters. The van der Waals surface area contributed by atoms with Gasteiger partial charge in [0.25, 0.3) is 0 Å². The maximum absolute atomic E-state index is 11.5. The topological polar surface area (TPSA) is 41.6 Å². The molecule has 0 aromatic heterocycles. The number of ether oxygens (including phenoxy) is 1. The molecule has 0 bridgehead atoms. The first kappa shape index (κ1) is 18.2. The number of likely N-dealkylation sites (tertiary alicyclic amines) is 1. The van der Waals surface area contributed by atoms with Gasteiger partial charge in [-0.25, -0.2) is 4.79 Å². The van der Waals surface area contributed by atoms with Crippen molar-refractivity contribution in [1.29, 1.82) is 0 Å². The third-order valence-corrected chi connectivity index (χ3v) is 5.84. The molecule has 1 aliphatic heterocycles. The lowest BCUT2D eigenvalue weighted by molar-refractivity contribution is 0.0600. The summed E-state index contributed by atoms with van der Waals surface area (Å²) in [6.07, 6.45) is 2.53. The monoisotopic (exact) mass is 364 g/mol. The van der Waals surface area contributed by atoms with Crippen LogP contribution in [0.1, 0.15) is 40.2 Å². The molecule has 27 heavy (non-hydrogen) atoms. The number of benzene rings is 2. The van der Waals surface area contributed by atoms with Gasteiger partial charge >= 0.3 is 5.97 Å². The van der Waals surface area contributed by atoms with Crippen molar-refractivity contribution in [2.75, 3.05) is 26.7 Å². The summed E-state index contributed by atoms with van der Waals surface area (Å²) < 4.78 is 4.75. The van der Waals surface area contributed by atoms with Crippen molar-refractivity contribution in [3.05, 3.63) is 71.3 Å². The SMILES string of the molecule is COC(=O)c1ccc(CN2CC[C@@H](CN[C@@H]3C[C@H]3c3ccccc3)C2)cc1. The third-order valence-electron chi connectivity index (χ3n) is 5.84. The Morgan fingerprint density at radius 2 is 1.93 bits per heavy atom. The summed E-state index contributed by atoms with van der Waals surface area (Å²) in [5.74, 6) is 1.16. The Morgan fingerprint density at radius 1 is 1.15 bits per heavy atom. The van der Waals surface area contributed by atoms with Gasteiger partial charge in [-0.3, -0.25) is 4.90 Å². The second-order valence-electron chi connectivity index (χ2n) is 7.85. The molecule has 2 aliphatic rings. The third kappa shape index (κ3) is 4.57. The predicted octanol–water partition coefficient (Wildman–Crippen LogP) is 3.44. The van der Waals surface area contributed by atoms with Crippen molar-refractivity contribution < 1.29 is 9.53 Å². The fraction of sp³-hybridized carbons (Fsp3) is 0.435. The molecular formula is C23H28N2O2. The zero-order valence-electron chi connectivity index (χ0n) is 15.9. The van der Waals surface area contributed by atoms with Gasteiger partial charge in [0.05, 0.1) is 12.7 Å². The van der Waals surface area contributed by atoms with Gasteiger partial charge in [0.15, 0.2) is 0 Å². The quantitative estimate of drug-likeness (QED) is 0.764. The van der Waals surface area contributed by atoms with Gasteiger partial charge in [0, 0.05) is 25.0 Å². The van der Waals surface area contributed by atoms with E-state index >= 15 is 0 Å². The van der Waals surface area contributed by atoms with Crippen molar-refractivity contribution in [3.8, 4) is 0 Å². The zero-order chi connectivity index (χ0) is 18.6. The first-order valence-corrected chi connectivity index (χ1v) is 9.91. The van der Waals surface area contributed by atoms with Crippen LogP contribution < -0.4 is 5.32 Å². The molecule has 4 rings (SSSR count). The van der Waals surface area contributed by atoms with E-state index in [1.54, 1.807) is 0 Å². The summed E-state index contributed by atoms with van der Waals surface area (Å²) in [6, 6.07) is 19.3. The van der Waals surface area contributed by atoms with Crippen LogP contribution in [0.25, 0.3) is 0 Å². The highest BCUT2D eigenvalue weighted by Crippen LogP contribution is 2.40. The highest BCUT2D eigenvalue weighted by Gasteiger charge is 2.38. The number of nitrogens with one attached hydrogen (secondary N) is 1. The second kappa shape index (κ2) is 8.24. The number of carbonyl (C=O) groups is 1. The van der Waals surface area contributed by atoms with Crippen LogP contribution in [0, 0.1) is 5.92 Å². The van der Waals surface area contributed by atoms with Gasteiger partial charge < -0.3 is 10.1 Å². The second-order valence-corrected chi connectivity index (χ2v) is 7.85. The normalized spacial score (nSPS) is 24.7. The van der Waals surface area contributed by atoms with Gasteiger partial charge in [-0.1, -0.05) is 42.5 Å². The molecule has 2 aromatic rings. The average molecular weight is 364 g/mol. The number of carbonyl (C=O) groups excluding carboxylic acids is 1. The van der Waals surface area contributed by atoms with E-state index in [1.165, 1.54) is 31.1 Å². The summed E-state index contributed by atoms with van der Waals surface area (Å²) in [7, 11) is 1.42. The fourth-order valence-corrected chi connectivity index (χ4v) is 4.15. The average Bonchev–Trinajstić information content (AvgIpc) is 3.37. The van der Waals surface area contributed by atoms with E-state index in [9.17, 15) is 4.79 Å². The van der Waals surface area contributed by atoms with Crippen molar-refractivity contribution in [3.63, 3.8) is 0 Å². The molecule has 1 saturated carbocycles. The Kier molecular flexibility index (Phi) is 5.55. The molecule has 1 aliphatic carbocycles. The summed E-state index contributed by atoms with van der Waals surface area (Å²) >= 11 is 0. The standard InChI is InChI=1S/C23H28N2O2/c1-27-23(26)20-9-7-17(8-10-20)15-25-12-11-18(16-25)14-24-22-13-21(22)19-5-3-2-4-6-19/h2-10,18,21-22,24H,11-16H2,1H3/t18-,21-,22+/m0/s1. The molecule has 2 fully saturated rings. The number of nitrogens with zero attached hydrogens (tertiary/aromatic N) is 1. The lowest BCUT2D eigenvalue weighted by Gasteiger charge is -2.16. The van der Waals surface area contributed by atoms with Crippen LogP contribution in [0.4, 0.5) is 0 Å². The Morgan fingerprint density at radius 3 is 2.67 bits per heavy atom. The maximum atomic E-state index is 11.5. The van der Waals surface area contributed by atoms with Crippen LogP contribution in [-0.4, -0.2) is 43.7 Å². The van der Waals surface area contributed by atoms with Crippen LogP contribution in [-0.2, 0) is 11.3 Å². The lowest BCUT2D eigenvalue weighted by atomic mass is 10.1. The van der Waals surface area contributed by atoms with Crippen LogP contribution in [0.5, 0.6) is 0 Å². The Bertz CT molecular complexity index is 760. The number of esters is 1. The van der Waals surface area contributed by atoms with Crippen LogP contribution in [0.2, 0.25) is 0 Å². The van der Waals surface area contributed by atoms with E-state index in [0.717, 1.165) is 32.1 Å². The number of rotatable bonds is 7. The molecule has 0 amide bonds. The van der Waals surface area contributed by atoms with Crippen LogP contribution >= 0.6 is 0 Å². The Labute approximate surface area is 161 Å². The number of hydrogen-bond donors (Lipinski definition) is 1. The molecule has 0 radical (unpaired) electrons. The van der Waals surface area contributed by atoms with E-state index in [4.69, 9.17) is 4.74 Å². The van der Waals surface area contributed by atoms with Gasteiger partial charge in [0.2, 0.25) is 0 Å². The number of methoxy groups -OCH3 is 1. The van der Waals surface area contributed by atoms with Gasteiger partial charge in [0.1, 0.15) is 0 Å². The van der Waals surface area contributed by atoms with E-state index < -0.39 is 0 Å². The van der Waals surface area contributed by atoms with Crippen molar-refractivity contribution in [1.82, 2.24) is 10.2 Å². The van der Waals surface area contributed by atoms with Gasteiger partial charge in [-0.15, -0.1) is 0 Å². The van der Waals surface area contributed by atoms with E-state index in [1.807, 2.05) is 24.3 Å². The predicted molar refractivity (Wildman–Crippen MR) is 107 cm³/mol. The van der Waals surface area contributed by atoms with E-state index in [2.05, 4.69) is 40.5 Å². The molecule has 4 heteroatoms. The molecule has 3 atom stereocenters. The summed E-state index contributed by atoms with van der Waals surface area (Å²) in [4.78, 5) is 14.0. The first-order valence-electron chi connectivity index (χ1n) is 9.91. The van der Waals surface area contributed by atoms with Crippen molar-refractivity contribution in [2.45, 2.75) is 31.3 Å². The molecule has 4 nitrogen and oxygen atoms in total. The fourth-order valence-electron chi connectivity index (χ4n) is 4.15. The molecular weight excluding hydrogens is 336 g/mol. The Hall–Kier alpha value is -2.17.